The zero-order valence-corrected chi connectivity index (χ0v) is 10.3. The summed E-state index contributed by atoms with van der Waals surface area (Å²) in [6.45, 7) is 2.18. The van der Waals surface area contributed by atoms with Gasteiger partial charge in [0.25, 0.3) is 0 Å². The number of nitrogens with two attached hydrogens (primary N) is 1. The maximum Gasteiger partial charge on any atom is 0.340 e. The van der Waals surface area contributed by atoms with Crippen LogP contribution >= 0.6 is 0 Å². The molecule has 17 heavy (non-hydrogen) atoms. The molecule has 4 heteroatoms. The molecule has 0 unspecified atom stereocenters. The summed E-state index contributed by atoms with van der Waals surface area (Å²) in [4.78, 5) is 13.9. The fraction of sp³-hybridized carbons (Fsp3) is 0.462. The minimum atomic E-state index is -0.303. The van der Waals surface area contributed by atoms with Gasteiger partial charge in [0, 0.05) is 13.1 Å². The van der Waals surface area contributed by atoms with Crippen molar-refractivity contribution in [3.8, 4) is 0 Å². The molecule has 0 atom stereocenters. The highest BCUT2D eigenvalue weighted by molar-refractivity contribution is 5.99. The van der Waals surface area contributed by atoms with Crippen LogP contribution in [0, 0.1) is 0 Å². The highest BCUT2D eigenvalue weighted by Gasteiger charge is 2.30. The van der Waals surface area contributed by atoms with Crippen molar-refractivity contribution in [2.75, 3.05) is 24.3 Å². The number of esters is 1. The van der Waals surface area contributed by atoms with E-state index in [1.807, 2.05) is 13.1 Å². The van der Waals surface area contributed by atoms with Crippen LogP contribution < -0.4 is 10.6 Å². The average Bonchev–Trinajstić information content (AvgIpc) is 3.12. The number of nitrogens with zero attached hydrogens (tertiary/aromatic N) is 1. The number of carbonyl (C=O) groups excluding carboxylic acids is 1. The number of rotatable bonds is 4. The molecule has 1 aromatic carbocycles. The first-order valence-corrected chi connectivity index (χ1v) is 5.93. The predicted molar refractivity (Wildman–Crippen MR) is 68.2 cm³/mol. The molecule has 1 aromatic rings. The SMILES string of the molecule is CCOC(=O)c1cccc(N)c1N(C)C1CC1. The van der Waals surface area contributed by atoms with Gasteiger partial charge in [-0.3, -0.25) is 0 Å². The molecule has 0 spiro atoms. The van der Waals surface area contributed by atoms with Crippen molar-refractivity contribution >= 4 is 17.3 Å². The van der Waals surface area contributed by atoms with Crippen molar-refractivity contribution in [3.05, 3.63) is 23.8 Å². The summed E-state index contributed by atoms with van der Waals surface area (Å²) >= 11 is 0. The normalized spacial score (nSPS) is 14.5. The third-order valence-electron chi connectivity index (χ3n) is 3.01. The summed E-state index contributed by atoms with van der Waals surface area (Å²) in [5.74, 6) is -0.303. The molecule has 2 rings (SSSR count). The smallest absolute Gasteiger partial charge is 0.340 e. The van der Waals surface area contributed by atoms with E-state index in [2.05, 4.69) is 4.90 Å². The molecule has 1 aliphatic carbocycles. The summed E-state index contributed by atoms with van der Waals surface area (Å²) < 4.78 is 5.05. The lowest BCUT2D eigenvalue weighted by molar-refractivity contribution is 0.0527. The number of hydrogen-bond donors (Lipinski definition) is 1. The van der Waals surface area contributed by atoms with E-state index in [1.165, 1.54) is 0 Å². The van der Waals surface area contributed by atoms with E-state index in [1.54, 1.807) is 19.1 Å². The van der Waals surface area contributed by atoms with Gasteiger partial charge in [-0.15, -0.1) is 0 Å². The first-order chi connectivity index (χ1) is 8.15. The van der Waals surface area contributed by atoms with Crippen LogP contribution in [-0.2, 0) is 4.74 Å². The summed E-state index contributed by atoms with van der Waals surface area (Å²) in [5, 5.41) is 0. The van der Waals surface area contributed by atoms with Crippen molar-refractivity contribution in [1.82, 2.24) is 0 Å². The first-order valence-electron chi connectivity index (χ1n) is 5.93. The van der Waals surface area contributed by atoms with Crippen LogP contribution in [0.1, 0.15) is 30.1 Å². The molecular weight excluding hydrogens is 216 g/mol. The standard InChI is InChI=1S/C13H18N2O2/c1-3-17-13(16)10-5-4-6-11(14)12(10)15(2)9-7-8-9/h4-6,9H,3,7-8,14H2,1-2H3. The molecule has 0 saturated heterocycles. The van der Waals surface area contributed by atoms with Crippen molar-refractivity contribution in [2.24, 2.45) is 0 Å². The molecule has 0 heterocycles. The van der Waals surface area contributed by atoms with Gasteiger partial charge in [0.2, 0.25) is 0 Å². The van der Waals surface area contributed by atoms with E-state index >= 15 is 0 Å². The molecular formula is C13H18N2O2. The summed E-state index contributed by atoms with van der Waals surface area (Å²) in [7, 11) is 1.98. The maximum atomic E-state index is 11.9. The Morgan fingerprint density at radius 3 is 2.82 bits per heavy atom. The maximum absolute atomic E-state index is 11.9. The number of anilines is 2. The van der Waals surface area contributed by atoms with Crippen LogP contribution in [-0.4, -0.2) is 25.7 Å². The largest absolute Gasteiger partial charge is 0.462 e. The predicted octanol–water partition coefficient (Wildman–Crippen LogP) is 2.04. The molecule has 92 valence electrons. The van der Waals surface area contributed by atoms with Crippen LogP contribution in [0.5, 0.6) is 0 Å². The van der Waals surface area contributed by atoms with Crippen LogP contribution in [0.15, 0.2) is 18.2 Å². The fourth-order valence-corrected chi connectivity index (χ4v) is 1.97. The number of para-hydroxylation sites is 1. The van der Waals surface area contributed by atoms with Gasteiger partial charge >= 0.3 is 5.97 Å². The molecule has 2 N–H and O–H groups in total. The van der Waals surface area contributed by atoms with E-state index in [9.17, 15) is 4.79 Å². The molecule has 1 saturated carbocycles. The highest BCUT2D eigenvalue weighted by Crippen LogP contribution is 2.36. The minimum Gasteiger partial charge on any atom is -0.462 e. The second-order valence-corrected chi connectivity index (χ2v) is 4.31. The van der Waals surface area contributed by atoms with Crippen LogP contribution in [0.4, 0.5) is 11.4 Å². The molecule has 0 amide bonds. The molecule has 0 bridgehead atoms. The molecule has 4 nitrogen and oxygen atoms in total. The Labute approximate surface area is 101 Å². The van der Waals surface area contributed by atoms with Gasteiger partial charge < -0.3 is 15.4 Å². The third kappa shape index (κ3) is 2.35. The summed E-state index contributed by atoms with van der Waals surface area (Å²) in [6, 6.07) is 5.87. The summed E-state index contributed by atoms with van der Waals surface area (Å²) in [5.41, 5.74) is 7.96. The Hall–Kier alpha value is -1.71. The van der Waals surface area contributed by atoms with E-state index in [4.69, 9.17) is 10.5 Å². The second-order valence-electron chi connectivity index (χ2n) is 4.31. The Morgan fingerprint density at radius 2 is 2.24 bits per heavy atom. The second kappa shape index (κ2) is 4.65. The Balaban J connectivity index is 2.36. The summed E-state index contributed by atoms with van der Waals surface area (Å²) in [6.07, 6.45) is 2.32. The molecule has 0 aromatic heterocycles. The Morgan fingerprint density at radius 1 is 1.53 bits per heavy atom. The topological polar surface area (TPSA) is 55.6 Å². The van der Waals surface area contributed by atoms with Crippen LogP contribution in [0.2, 0.25) is 0 Å². The number of ether oxygens (including phenoxy) is 1. The average molecular weight is 234 g/mol. The van der Waals surface area contributed by atoms with Gasteiger partial charge in [0.1, 0.15) is 0 Å². The Kier molecular flexibility index (Phi) is 3.22. The number of benzene rings is 1. The quantitative estimate of drug-likeness (QED) is 0.640. The third-order valence-corrected chi connectivity index (χ3v) is 3.01. The van der Waals surface area contributed by atoms with Crippen molar-refractivity contribution in [2.45, 2.75) is 25.8 Å². The molecule has 1 aliphatic rings. The van der Waals surface area contributed by atoms with Crippen molar-refractivity contribution in [1.29, 1.82) is 0 Å². The van der Waals surface area contributed by atoms with Gasteiger partial charge in [0.05, 0.1) is 23.5 Å². The van der Waals surface area contributed by atoms with E-state index in [-0.39, 0.29) is 5.97 Å². The monoisotopic (exact) mass is 234 g/mol. The van der Waals surface area contributed by atoms with Gasteiger partial charge in [-0.2, -0.15) is 0 Å². The first kappa shape index (κ1) is 11.8. The van der Waals surface area contributed by atoms with Gasteiger partial charge in [-0.05, 0) is 31.9 Å². The molecule has 1 fully saturated rings. The van der Waals surface area contributed by atoms with Crippen molar-refractivity contribution < 1.29 is 9.53 Å². The van der Waals surface area contributed by atoms with Crippen LogP contribution in [0.25, 0.3) is 0 Å². The Bertz CT molecular complexity index is 427. The van der Waals surface area contributed by atoms with E-state index < -0.39 is 0 Å². The van der Waals surface area contributed by atoms with E-state index in [0.717, 1.165) is 18.5 Å². The van der Waals surface area contributed by atoms with Gasteiger partial charge in [-0.1, -0.05) is 6.07 Å². The lowest BCUT2D eigenvalue weighted by Crippen LogP contribution is -2.24. The van der Waals surface area contributed by atoms with Gasteiger partial charge in [-0.25, -0.2) is 4.79 Å². The molecule has 0 radical (unpaired) electrons. The highest BCUT2D eigenvalue weighted by atomic mass is 16.5. The van der Waals surface area contributed by atoms with Crippen molar-refractivity contribution in [3.63, 3.8) is 0 Å². The van der Waals surface area contributed by atoms with Gasteiger partial charge in [0.15, 0.2) is 0 Å². The van der Waals surface area contributed by atoms with E-state index in [0.29, 0.717) is 23.9 Å². The zero-order chi connectivity index (χ0) is 12.4. The number of carbonyl (C=O) groups is 1. The minimum absolute atomic E-state index is 0.303. The van der Waals surface area contributed by atoms with Crippen LogP contribution in [0.3, 0.4) is 0 Å². The fourth-order valence-electron chi connectivity index (χ4n) is 1.97. The lowest BCUT2D eigenvalue weighted by Gasteiger charge is -2.23. The molecule has 0 aliphatic heterocycles. The number of hydrogen-bond acceptors (Lipinski definition) is 4. The zero-order valence-electron chi connectivity index (χ0n) is 10.3. The number of nitrogen functional groups attached to an aromatic ring is 1. The lowest BCUT2D eigenvalue weighted by atomic mass is 10.1.